The highest BCUT2D eigenvalue weighted by Crippen LogP contribution is 2.28. The van der Waals surface area contributed by atoms with E-state index in [0.29, 0.717) is 11.4 Å². The Labute approximate surface area is 125 Å². The monoisotopic (exact) mass is 306 g/mol. The molecule has 0 bridgehead atoms. The zero-order valence-corrected chi connectivity index (χ0v) is 11.5. The molecule has 0 atom stereocenters. The van der Waals surface area contributed by atoms with Crippen LogP contribution in [0, 0.1) is 15.5 Å². The van der Waals surface area contributed by atoms with Crippen LogP contribution in [0.4, 0.5) is 5.69 Å². The zero-order chi connectivity index (χ0) is 15.4. The maximum atomic E-state index is 10.7. The van der Waals surface area contributed by atoms with E-state index in [-0.39, 0.29) is 23.2 Å². The summed E-state index contributed by atoms with van der Waals surface area (Å²) < 4.78 is 5.50. The third kappa shape index (κ3) is 3.67. The number of ether oxygens (including phenoxy) is 1. The van der Waals surface area contributed by atoms with E-state index in [4.69, 9.17) is 27.5 Å². The van der Waals surface area contributed by atoms with Gasteiger partial charge in [-0.3, -0.25) is 20.5 Å². The molecule has 7 nitrogen and oxygen atoms in total. The summed E-state index contributed by atoms with van der Waals surface area (Å²) in [6.45, 7) is 0.205. The van der Waals surface area contributed by atoms with Gasteiger partial charge in [0.2, 0.25) is 0 Å². The second-order valence-electron chi connectivity index (χ2n) is 4.12. The van der Waals surface area contributed by atoms with Crippen LogP contribution in [-0.2, 0) is 6.61 Å². The van der Waals surface area contributed by atoms with E-state index in [1.807, 2.05) is 0 Å². The van der Waals surface area contributed by atoms with Crippen LogP contribution in [0.5, 0.6) is 5.75 Å². The fraction of sp³-hybridized carbons (Fsp3) is 0.0769. The Morgan fingerprint density at radius 2 is 2.19 bits per heavy atom. The number of benzene rings is 1. The molecule has 8 heteroatoms. The second-order valence-corrected chi connectivity index (χ2v) is 4.53. The Hall–Kier alpha value is -2.67. The average molecular weight is 307 g/mol. The lowest BCUT2D eigenvalue weighted by atomic mass is 10.2. The van der Waals surface area contributed by atoms with Crippen molar-refractivity contribution in [3.05, 3.63) is 62.9 Å². The second kappa shape index (κ2) is 6.19. The van der Waals surface area contributed by atoms with E-state index < -0.39 is 4.92 Å². The van der Waals surface area contributed by atoms with Gasteiger partial charge in [-0.2, -0.15) is 0 Å². The number of aromatic nitrogens is 1. The van der Waals surface area contributed by atoms with E-state index in [1.54, 1.807) is 12.1 Å². The summed E-state index contributed by atoms with van der Waals surface area (Å²) in [5.74, 6) is 0.280. The van der Waals surface area contributed by atoms with Gasteiger partial charge in [0, 0.05) is 18.3 Å². The third-order valence-electron chi connectivity index (χ3n) is 2.62. The maximum absolute atomic E-state index is 10.7. The molecule has 1 aromatic carbocycles. The number of halogens is 1. The number of nitrogens with zero attached hydrogens (tertiary/aromatic N) is 2. The van der Waals surface area contributed by atoms with Crippen molar-refractivity contribution >= 4 is 23.1 Å². The highest BCUT2D eigenvalue weighted by Gasteiger charge is 2.12. The minimum absolute atomic E-state index is 0.0108. The van der Waals surface area contributed by atoms with Crippen LogP contribution < -0.4 is 10.5 Å². The molecule has 0 radical (unpaired) electrons. The number of rotatable bonds is 5. The largest absolute Gasteiger partial charge is 0.489 e. The number of nitrogens with two attached hydrogens (primary N) is 1. The van der Waals surface area contributed by atoms with Crippen molar-refractivity contribution in [3.63, 3.8) is 0 Å². The molecule has 0 saturated heterocycles. The number of amidine groups is 1. The molecule has 0 spiro atoms. The van der Waals surface area contributed by atoms with Crippen molar-refractivity contribution in [1.29, 1.82) is 5.41 Å². The van der Waals surface area contributed by atoms with E-state index in [1.165, 1.54) is 24.4 Å². The Morgan fingerprint density at radius 3 is 2.81 bits per heavy atom. The van der Waals surface area contributed by atoms with Crippen LogP contribution in [0.1, 0.15) is 11.3 Å². The lowest BCUT2D eigenvalue weighted by Crippen LogP contribution is -2.13. The number of nitrogens with one attached hydrogen (secondary N) is 1. The van der Waals surface area contributed by atoms with Gasteiger partial charge in [0.1, 0.15) is 28.9 Å². The quantitative estimate of drug-likeness (QED) is 0.381. The van der Waals surface area contributed by atoms with Crippen LogP contribution in [0.3, 0.4) is 0 Å². The molecule has 0 aliphatic rings. The van der Waals surface area contributed by atoms with Gasteiger partial charge in [0.05, 0.1) is 4.92 Å². The first-order chi connectivity index (χ1) is 9.97. The molecule has 2 rings (SSSR count). The first-order valence-electron chi connectivity index (χ1n) is 5.83. The molecular formula is C13H11ClN4O3. The number of nitrogen functional groups attached to an aromatic ring is 1. The van der Waals surface area contributed by atoms with Crippen LogP contribution in [0.2, 0.25) is 5.02 Å². The van der Waals surface area contributed by atoms with Gasteiger partial charge in [-0.25, -0.2) is 0 Å². The smallest absolute Gasteiger partial charge is 0.288 e. The van der Waals surface area contributed by atoms with E-state index in [0.717, 1.165) is 5.56 Å². The average Bonchev–Trinajstić information content (AvgIpc) is 2.45. The van der Waals surface area contributed by atoms with Gasteiger partial charge in [0.15, 0.2) is 0 Å². The molecule has 0 amide bonds. The van der Waals surface area contributed by atoms with Crippen molar-refractivity contribution in [3.8, 4) is 5.75 Å². The molecule has 1 heterocycles. The lowest BCUT2D eigenvalue weighted by molar-refractivity contribution is -0.384. The fourth-order valence-electron chi connectivity index (χ4n) is 1.60. The molecule has 108 valence electrons. The maximum Gasteiger partial charge on any atom is 0.288 e. The molecule has 0 unspecified atom stereocenters. The van der Waals surface area contributed by atoms with Gasteiger partial charge in [0.25, 0.3) is 5.69 Å². The Bertz CT molecular complexity index is 706. The SMILES string of the molecule is N=C(N)c1cc(COc2ccc([N+](=O)[O-])c(Cl)c2)ccn1. The molecule has 21 heavy (non-hydrogen) atoms. The summed E-state index contributed by atoms with van der Waals surface area (Å²) in [5.41, 5.74) is 6.31. The van der Waals surface area contributed by atoms with Crippen molar-refractivity contribution in [2.75, 3.05) is 0 Å². The summed E-state index contributed by atoms with van der Waals surface area (Å²) in [6.07, 6.45) is 1.53. The van der Waals surface area contributed by atoms with Gasteiger partial charge >= 0.3 is 0 Å². The predicted octanol–water partition coefficient (Wildman–Crippen LogP) is 2.51. The van der Waals surface area contributed by atoms with Crippen molar-refractivity contribution < 1.29 is 9.66 Å². The number of nitro benzene ring substituents is 1. The molecule has 0 aliphatic carbocycles. The Balaban J connectivity index is 2.10. The fourth-order valence-corrected chi connectivity index (χ4v) is 1.84. The molecular weight excluding hydrogens is 296 g/mol. The molecule has 3 N–H and O–H groups in total. The highest BCUT2D eigenvalue weighted by molar-refractivity contribution is 6.32. The van der Waals surface area contributed by atoms with Crippen molar-refractivity contribution in [1.82, 2.24) is 4.98 Å². The summed E-state index contributed by atoms with van der Waals surface area (Å²) in [6, 6.07) is 7.49. The van der Waals surface area contributed by atoms with Crippen LogP contribution >= 0.6 is 11.6 Å². The van der Waals surface area contributed by atoms with Crippen LogP contribution in [0.25, 0.3) is 0 Å². The summed E-state index contributed by atoms with van der Waals surface area (Å²) in [7, 11) is 0. The van der Waals surface area contributed by atoms with Crippen molar-refractivity contribution in [2.45, 2.75) is 6.61 Å². The minimum atomic E-state index is -0.561. The van der Waals surface area contributed by atoms with Gasteiger partial charge in [-0.15, -0.1) is 0 Å². The molecule has 1 aromatic heterocycles. The zero-order valence-electron chi connectivity index (χ0n) is 10.7. The van der Waals surface area contributed by atoms with Crippen LogP contribution in [0.15, 0.2) is 36.5 Å². The molecule has 0 saturated carbocycles. The number of hydrogen-bond donors (Lipinski definition) is 2. The summed E-state index contributed by atoms with van der Waals surface area (Å²) in [4.78, 5) is 14.0. The van der Waals surface area contributed by atoms with Crippen LogP contribution in [-0.4, -0.2) is 15.7 Å². The van der Waals surface area contributed by atoms with E-state index in [9.17, 15) is 10.1 Å². The van der Waals surface area contributed by atoms with Gasteiger partial charge < -0.3 is 10.5 Å². The lowest BCUT2D eigenvalue weighted by Gasteiger charge is -2.07. The van der Waals surface area contributed by atoms with Gasteiger partial charge in [-0.05, 0) is 23.8 Å². The normalized spacial score (nSPS) is 10.1. The highest BCUT2D eigenvalue weighted by atomic mass is 35.5. The first-order valence-corrected chi connectivity index (χ1v) is 6.21. The standard InChI is InChI=1S/C13H11ClN4O3/c14-10-6-9(1-2-12(10)18(19)20)21-7-8-3-4-17-11(5-8)13(15)16/h1-6H,7H2,(H3,15,16). The molecule has 0 aliphatic heterocycles. The molecule has 2 aromatic rings. The Morgan fingerprint density at radius 1 is 1.43 bits per heavy atom. The summed E-state index contributed by atoms with van der Waals surface area (Å²) >= 11 is 5.80. The van der Waals surface area contributed by atoms with Crippen molar-refractivity contribution in [2.24, 2.45) is 5.73 Å². The minimum Gasteiger partial charge on any atom is -0.489 e. The number of nitro groups is 1. The summed E-state index contributed by atoms with van der Waals surface area (Å²) in [5, 5.41) is 18.0. The number of hydrogen-bond acceptors (Lipinski definition) is 5. The third-order valence-corrected chi connectivity index (χ3v) is 2.92. The topological polar surface area (TPSA) is 115 Å². The number of pyridine rings is 1. The van der Waals surface area contributed by atoms with Gasteiger partial charge in [-0.1, -0.05) is 11.6 Å². The van der Waals surface area contributed by atoms with E-state index in [2.05, 4.69) is 4.98 Å². The molecule has 0 fully saturated rings. The predicted molar refractivity (Wildman–Crippen MR) is 77.7 cm³/mol. The Kier molecular flexibility index (Phi) is 4.34. The first kappa shape index (κ1) is 14.7. The van der Waals surface area contributed by atoms with E-state index >= 15 is 0 Å².